The summed E-state index contributed by atoms with van der Waals surface area (Å²) in [5.41, 5.74) is 0.493. The predicted octanol–water partition coefficient (Wildman–Crippen LogP) is 6.33. The molecule has 0 aliphatic heterocycles. The van der Waals surface area contributed by atoms with Gasteiger partial charge in [0.25, 0.3) is 0 Å². The number of benzene rings is 2. The number of carbonyl (C=O) groups is 1. The molecule has 2 aromatic rings. The number of hydrogen-bond donors (Lipinski definition) is 0. The minimum atomic E-state index is -0.307. The highest BCUT2D eigenvalue weighted by Crippen LogP contribution is 2.23. The van der Waals surface area contributed by atoms with E-state index in [9.17, 15) is 4.79 Å². The quantitative estimate of drug-likeness (QED) is 0.189. The van der Waals surface area contributed by atoms with E-state index in [4.69, 9.17) is 9.47 Å². The average Bonchev–Trinajstić information content (AvgIpc) is 2.68. The van der Waals surface area contributed by atoms with Gasteiger partial charge in [-0.2, -0.15) is 0 Å². The van der Waals surface area contributed by atoms with Crippen molar-refractivity contribution in [1.29, 1.82) is 0 Å². The molecule has 0 aliphatic carbocycles. The summed E-state index contributed by atoms with van der Waals surface area (Å²) in [6, 6.07) is 17.3. The van der Waals surface area contributed by atoms with E-state index >= 15 is 0 Å². The van der Waals surface area contributed by atoms with E-state index in [2.05, 4.69) is 6.92 Å². The maximum atomic E-state index is 12.3. The molecule has 140 valence electrons. The van der Waals surface area contributed by atoms with Gasteiger partial charge < -0.3 is 9.47 Å². The van der Waals surface area contributed by atoms with Gasteiger partial charge in [0.05, 0.1) is 6.61 Å². The first-order chi connectivity index (χ1) is 12.8. The van der Waals surface area contributed by atoms with E-state index in [0.717, 1.165) is 17.7 Å². The van der Waals surface area contributed by atoms with Crippen LogP contribution in [0.4, 0.5) is 0 Å². The van der Waals surface area contributed by atoms with Crippen molar-refractivity contribution in [2.75, 3.05) is 12.5 Å². The lowest BCUT2D eigenvalue weighted by Gasteiger charge is -2.11. The Hall–Kier alpha value is -1.94. The van der Waals surface area contributed by atoms with Crippen LogP contribution in [0.25, 0.3) is 0 Å². The monoisotopic (exact) mass is 372 g/mol. The molecule has 4 heteroatoms. The number of carbonyl (C=O) groups excluding carboxylic acids is 1. The van der Waals surface area contributed by atoms with Gasteiger partial charge in [0.1, 0.15) is 17.3 Å². The molecule has 0 spiro atoms. The van der Waals surface area contributed by atoms with Gasteiger partial charge in [0.15, 0.2) is 0 Å². The molecule has 26 heavy (non-hydrogen) atoms. The fraction of sp³-hybridized carbons (Fsp3) is 0.409. The summed E-state index contributed by atoms with van der Waals surface area (Å²) < 4.78 is 11.2. The predicted molar refractivity (Wildman–Crippen MR) is 108 cm³/mol. The Morgan fingerprint density at radius 3 is 2.38 bits per heavy atom. The van der Waals surface area contributed by atoms with Crippen molar-refractivity contribution in [2.24, 2.45) is 0 Å². The first-order valence-electron chi connectivity index (χ1n) is 9.38. The van der Waals surface area contributed by atoms with Crippen LogP contribution in [0.3, 0.4) is 0 Å². The van der Waals surface area contributed by atoms with Crippen molar-refractivity contribution in [3.63, 3.8) is 0 Å². The summed E-state index contributed by atoms with van der Waals surface area (Å²) in [4.78, 5) is 13.5. The summed E-state index contributed by atoms with van der Waals surface area (Å²) in [5, 5.41) is 0. The van der Waals surface area contributed by atoms with Gasteiger partial charge >= 0.3 is 5.97 Å². The van der Waals surface area contributed by atoms with E-state index in [1.165, 1.54) is 25.7 Å². The minimum Gasteiger partial charge on any atom is -0.482 e. The van der Waals surface area contributed by atoms with Crippen LogP contribution in [0.2, 0.25) is 0 Å². The van der Waals surface area contributed by atoms with Crippen LogP contribution in [-0.2, 0) is 4.74 Å². The molecule has 0 bridgehead atoms. The number of rotatable bonds is 12. The number of para-hydroxylation sites is 1. The zero-order valence-electron chi connectivity index (χ0n) is 15.5. The van der Waals surface area contributed by atoms with E-state index in [1.54, 1.807) is 17.8 Å². The first-order valence-corrected chi connectivity index (χ1v) is 10.4. The fourth-order valence-corrected chi connectivity index (χ4v) is 3.24. The molecule has 3 nitrogen and oxygen atoms in total. The second-order valence-corrected chi connectivity index (χ2v) is 7.12. The highest BCUT2D eigenvalue weighted by molar-refractivity contribution is 7.99. The summed E-state index contributed by atoms with van der Waals surface area (Å²) in [6.45, 7) is 2.68. The van der Waals surface area contributed by atoms with Crippen LogP contribution in [0.15, 0.2) is 59.5 Å². The van der Waals surface area contributed by atoms with Gasteiger partial charge in [0, 0.05) is 4.90 Å². The van der Waals surface area contributed by atoms with E-state index in [-0.39, 0.29) is 5.97 Å². The zero-order valence-corrected chi connectivity index (χ0v) is 16.3. The summed E-state index contributed by atoms with van der Waals surface area (Å²) in [5.74, 6) is 0.717. The smallest absolute Gasteiger partial charge is 0.341 e. The Morgan fingerprint density at radius 2 is 1.58 bits per heavy atom. The SMILES string of the molecule is CCCCCCCCOC(=O)c1ccccc1OCSc1ccccc1. The third-order valence-corrected chi connectivity index (χ3v) is 4.86. The van der Waals surface area contributed by atoms with Crippen molar-refractivity contribution in [3.05, 3.63) is 60.2 Å². The lowest BCUT2D eigenvalue weighted by atomic mass is 10.1. The molecular weight excluding hydrogens is 344 g/mol. The molecule has 0 saturated carbocycles. The summed E-state index contributed by atoms with van der Waals surface area (Å²) >= 11 is 1.59. The van der Waals surface area contributed by atoms with Crippen LogP contribution < -0.4 is 4.74 Å². The second kappa shape index (κ2) is 12.4. The van der Waals surface area contributed by atoms with Gasteiger partial charge in [-0.15, -0.1) is 0 Å². The Labute approximate surface area is 161 Å². The van der Waals surface area contributed by atoms with Gasteiger partial charge in [-0.05, 0) is 30.7 Å². The molecule has 0 atom stereocenters. The Kier molecular flexibility index (Phi) is 9.73. The third kappa shape index (κ3) is 7.52. The van der Waals surface area contributed by atoms with Crippen molar-refractivity contribution < 1.29 is 14.3 Å². The molecule has 0 saturated heterocycles. The van der Waals surface area contributed by atoms with Crippen molar-refractivity contribution >= 4 is 17.7 Å². The molecule has 2 aromatic carbocycles. The van der Waals surface area contributed by atoms with E-state index in [0.29, 0.717) is 23.9 Å². The Balaban J connectivity index is 1.75. The lowest BCUT2D eigenvalue weighted by Crippen LogP contribution is -2.09. The van der Waals surface area contributed by atoms with Gasteiger partial charge in [-0.3, -0.25) is 0 Å². The highest BCUT2D eigenvalue weighted by atomic mass is 32.2. The molecule has 0 unspecified atom stereocenters. The van der Waals surface area contributed by atoms with Crippen molar-refractivity contribution in [3.8, 4) is 5.75 Å². The molecule has 0 N–H and O–H groups in total. The van der Waals surface area contributed by atoms with E-state index in [1.807, 2.05) is 48.5 Å². The highest BCUT2D eigenvalue weighted by Gasteiger charge is 2.13. The molecule has 0 fully saturated rings. The Morgan fingerprint density at radius 1 is 0.885 bits per heavy atom. The Bertz CT molecular complexity index is 643. The third-order valence-electron chi connectivity index (χ3n) is 4.02. The average molecular weight is 373 g/mol. The maximum absolute atomic E-state index is 12.3. The molecule has 0 aliphatic rings. The van der Waals surface area contributed by atoms with Crippen LogP contribution in [0.1, 0.15) is 55.8 Å². The number of hydrogen-bond acceptors (Lipinski definition) is 4. The number of unbranched alkanes of at least 4 members (excludes halogenated alkanes) is 5. The van der Waals surface area contributed by atoms with E-state index < -0.39 is 0 Å². The molecule has 0 aromatic heterocycles. The maximum Gasteiger partial charge on any atom is 0.341 e. The van der Waals surface area contributed by atoms with Crippen molar-refractivity contribution in [2.45, 2.75) is 50.3 Å². The molecular formula is C22H28O3S. The van der Waals surface area contributed by atoms with Gasteiger partial charge in [-0.1, -0.05) is 81.1 Å². The molecule has 0 radical (unpaired) electrons. The van der Waals surface area contributed by atoms with Crippen LogP contribution in [0.5, 0.6) is 5.75 Å². The topological polar surface area (TPSA) is 35.5 Å². The fourth-order valence-electron chi connectivity index (χ4n) is 2.56. The first kappa shape index (κ1) is 20.4. The minimum absolute atomic E-state index is 0.307. The van der Waals surface area contributed by atoms with Crippen molar-refractivity contribution in [1.82, 2.24) is 0 Å². The molecule has 0 heterocycles. The standard InChI is InChI=1S/C22H28O3S/c1-2-3-4-5-6-12-17-24-22(23)20-15-10-11-16-21(20)25-18-26-19-13-8-7-9-14-19/h7-11,13-16H,2-6,12,17-18H2,1H3. The number of thioether (sulfide) groups is 1. The summed E-state index contributed by atoms with van der Waals surface area (Å²) in [7, 11) is 0. The molecule has 2 rings (SSSR count). The van der Waals surface area contributed by atoms with Crippen LogP contribution >= 0.6 is 11.8 Å². The number of esters is 1. The van der Waals surface area contributed by atoms with Crippen LogP contribution in [0, 0.1) is 0 Å². The van der Waals surface area contributed by atoms with Gasteiger partial charge in [-0.25, -0.2) is 4.79 Å². The zero-order chi connectivity index (χ0) is 18.5. The molecule has 0 amide bonds. The normalized spacial score (nSPS) is 10.5. The van der Waals surface area contributed by atoms with Crippen LogP contribution in [-0.4, -0.2) is 18.5 Å². The number of ether oxygens (including phenoxy) is 2. The van der Waals surface area contributed by atoms with Gasteiger partial charge in [0.2, 0.25) is 0 Å². The summed E-state index contributed by atoms with van der Waals surface area (Å²) in [6.07, 6.45) is 7.03. The second-order valence-electron chi connectivity index (χ2n) is 6.12. The largest absolute Gasteiger partial charge is 0.482 e. The lowest BCUT2D eigenvalue weighted by molar-refractivity contribution is 0.0494.